The Morgan fingerprint density at radius 2 is 1.61 bits per heavy atom. The van der Waals surface area contributed by atoms with Crippen molar-refractivity contribution in [3.63, 3.8) is 0 Å². The van der Waals surface area contributed by atoms with Gasteiger partial charge in [-0.05, 0) is 19.1 Å². The van der Waals surface area contributed by atoms with Crippen LogP contribution in [0.25, 0.3) is 43.6 Å². The van der Waals surface area contributed by atoms with Crippen molar-refractivity contribution in [1.29, 1.82) is 0 Å². The van der Waals surface area contributed by atoms with Gasteiger partial charge in [-0.15, -0.1) is 0 Å². The van der Waals surface area contributed by atoms with E-state index in [1.807, 2.05) is 55.5 Å². The molecule has 0 unspecified atom stereocenters. The SMILES string of the molecule is CO[C@@H]1/C(=N/O)C[C@H]2O[C@]1(C)n1c3ccccc3c3c4c(c5c6ccccc6n2c5c31)C(=O)NC4=O. The van der Waals surface area contributed by atoms with Crippen LogP contribution in [0.2, 0.25) is 0 Å². The first kappa shape index (κ1) is 20.0. The molecule has 9 heteroatoms. The van der Waals surface area contributed by atoms with Gasteiger partial charge in [-0.3, -0.25) is 14.9 Å². The maximum Gasteiger partial charge on any atom is 0.259 e. The molecule has 3 aromatic carbocycles. The average molecular weight is 480 g/mol. The first-order chi connectivity index (χ1) is 17.5. The highest BCUT2D eigenvalue weighted by Gasteiger charge is 2.52. The summed E-state index contributed by atoms with van der Waals surface area (Å²) in [5, 5.41) is 19.3. The molecule has 3 aliphatic heterocycles. The molecule has 2 bridgehead atoms. The molecule has 0 saturated carbocycles. The molecule has 0 radical (unpaired) electrons. The molecule has 8 rings (SSSR count). The largest absolute Gasteiger partial charge is 0.411 e. The number of nitrogens with one attached hydrogen (secondary N) is 1. The number of carbonyl (C=O) groups is 2. The van der Waals surface area contributed by atoms with Gasteiger partial charge in [-0.2, -0.15) is 0 Å². The van der Waals surface area contributed by atoms with E-state index in [1.165, 1.54) is 0 Å². The molecular formula is C27H20N4O5. The minimum atomic E-state index is -1.11. The fourth-order valence-electron chi connectivity index (χ4n) is 6.89. The molecule has 2 amide bonds. The zero-order valence-electron chi connectivity index (χ0n) is 19.4. The Labute approximate surface area is 203 Å². The van der Waals surface area contributed by atoms with Gasteiger partial charge >= 0.3 is 0 Å². The highest BCUT2D eigenvalue weighted by molar-refractivity contribution is 6.39. The number of para-hydroxylation sites is 2. The Kier molecular flexibility index (Phi) is 3.51. The Bertz CT molecular complexity index is 1900. The quantitative estimate of drug-likeness (QED) is 0.212. The summed E-state index contributed by atoms with van der Waals surface area (Å²) in [5.41, 5.74) is 3.42. The zero-order valence-corrected chi connectivity index (χ0v) is 19.4. The highest BCUT2D eigenvalue weighted by Crippen LogP contribution is 2.53. The van der Waals surface area contributed by atoms with Crippen LogP contribution < -0.4 is 5.32 Å². The monoisotopic (exact) mass is 480 g/mol. The third-order valence-electron chi connectivity index (χ3n) is 8.08. The van der Waals surface area contributed by atoms with E-state index in [0.29, 0.717) is 28.6 Å². The number of ether oxygens (including phenoxy) is 2. The number of nitrogens with zero attached hydrogens (tertiary/aromatic N) is 3. The predicted molar refractivity (Wildman–Crippen MR) is 133 cm³/mol. The molecule has 1 saturated heterocycles. The summed E-state index contributed by atoms with van der Waals surface area (Å²) in [7, 11) is 1.57. The van der Waals surface area contributed by atoms with Gasteiger partial charge in [0.1, 0.15) is 12.3 Å². The van der Waals surface area contributed by atoms with E-state index in [-0.39, 0.29) is 0 Å². The number of methoxy groups -OCH3 is 1. The van der Waals surface area contributed by atoms with Crippen molar-refractivity contribution in [2.24, 2.45) is 5.16 Å². The molecule has 36 heavy (non-hydrogen) atoms. The zero-order chi connectivity index (χ0) is 24.5. The predicted octanol–water partition coefficient (Wildman–Crippen LogP) is 4.24. The topological polar surface area (TPSA) is 107 Å². The first-order valence-corrected chi connectivity index (χ1v) is 11.8. The Morgan fingerprint density at radius 1 is 1.00 bits per heavy atom. The molecule has 0 spiro atoms. The summed E-state index contributed by atoms with van der Waals surface area (Å²) in [6.45, 7) is 1.92. The third-order valence-corrected chi connectivity index (χ3v) is 8.08. The van der Waals surface area contributed by atoms with E-state index in [0.717, 1.165) is 38.2 Å². The summed E-state index contributed by atoms with van der Waals surface area (Å²) in [6.07, 6.45) is -0.924. The number of amides is 2. The minimum absolute atomic E-state index is 0.296. The van der Waals surface area contributed by atoms with Gasteiger partial charge in [0.05, 0.1) is 38.9 Å². The molecule has 5 aromatic rings. The molecule has 5 heterocycles. The van der Waals surface area contributed by atoms with E-state index in [4.69, 9.17) is 9.47 Å². The maximum atomic E-state index is 13.3. The Balaban J connectivity index is 1.76. The van der Waals surface area contributed by atoms with E-state index in [9.17, 15) is 14.8 Å². The van der Waals surface area contributed by atoms with Crippen LogP contribution in [0.5, 0.6) is 0 Å². The lowest BCUT2D eigenvalue weighted by molar-refractivity contribution is -0.211. The van der Waals surface area contributed by atoms with Crippen LogP contribution >= 0.6 is 0 Å². The van der Waals surface area contributed by atoms with Crippen LogP contribution in [0.15, 0.2) is 53.7 Å². The molecule has 1 fully saturated rings. The number of imide groups is 1. The number of fused-ring (bicyclic) bond motifs is 13. The number of hydrogen-bond donors (Lipinski definition) is 2. The number of oxime groups is 1. The summed E-state index contributed by atoms with van der Waals surface area (Å²) in [6, 6.07) is 15.6. The lowest BCUT2D eigenvalue weighted by Crippen LogP contribution is -2.54. The first-order valence-electron chi connectivity index (χ1n) is 11.8. The number of benzene rings is 3. The number of carbonyl (C=O) groups excluding carboxylic acids is 2. The molecular weight excluding hydrogens is 460 g/mol. The van der Waals surface area contributed by atoms with Gasteiger partial charge < -0.3 is 23.8 Å². The van der Waals surface area contributed by atoms with Crippen LogP contribution in [-0.2, 0) is 15.2 Å². The molecule has 2 N–H and O–H groups in total. The van der Waals surface area contributed by atoms with Crippen molar-refractivity contribution in [1.82, 2.24) is 14.5 Å². The van der Waals surface area contributed by atoms with Gasteiger partial charge in [0.15, 0.2) is 5.72 Å². The van der Waals surface area contributed by atoms with Gasteiger partial charge in [-0.1, -0.05) is 41.6 Å². The fourth-order valence-corrected chi connectivity index (χ4v) is 6.89. The van der Waals surface area contributed by atoms with Crippen molar-refractivity contribution < 1.29 is 24.3 Å². The van der Waals surface area contributed by atoms with Crippen LogP contribution in [0.4, 0.5) is 0 Å². The van der Waals surface area contributed by atoms with Gasteiger partial charge in [-0.25, -0.2) is 0 Å². The van der Waals surface area contributed by atoms with Crippen molar-refractivity contribution in [2.45, 2.75) is 31.4 Å². The van der Waals surface area contributed by atoms with Crippen LogP contribution in [0, 0.1) is 0 Å². The van der Waals surface area contributed by atoms with Crippen LogP contribution in [0.3, 0.4) is 0 Å². The average Bonchev–Trinajstić information content (AvgIpc) is 3.48. The summed E-state index contributed by atoms with van der Waals surface area (Å²) < 4.78 is 16.9. The number of aromatic nitrogens is 2. The number of hydrogen-bond acceptors (Lipinski definition) is 6. The second kappa shape index (κ2) is 6.31. The van der Waals surface area contributed by atoms with E-state index < -0.39 is 29.9 Å². The smallest absolute Gasteiger partial charge is 0.259 e. The lowest BCUT2D eigenvalue weighted by Gasteiger charge is -2.44. The fraction of sp³-hybridized carbons (Fsp3) is 0.222. The Morgan fingerprint density at radius 3 is 2.28 bits per heavy atom. The summed E-state index contributed by atoms with van der Waals surface area (Å²) in [4.78, 5) is 26.6. The van der Waals surface area contributed by atoms with Crippen LogP contribution in [0.1, 0.15) is 40.3 Å². The lowest BCUT2D eigenvalue weighted by atomic mass is 9.95. The number of rotatable bonds is 1. The van der Waals surface area contributed by atoms with Crippen molar-refractivity contribution in [2.75, 3.05) is 7.11 Å². The third kappa shape index (κ3) is 2.01. The summed E-state index contributed by atoms with van der Waals surface area (Å²) in [5.74, 6) is -0.806. The molecule has 3 atom stereocenters. The van der Waals surface area contributed by atoms with Crippen molar-refractivity contribution >= 4 is 61.1 Å². The minimum Gasteiger partial charge on any atom is -0.411 e. The second-order valence-electron chi connectivity index (χ2n) is 9.76. The normalized spacial score (nSPS) is 26.0. The van der Waals surface area contributed by atoms with Crippen molar-refractivity contribution in [3.05, 3.63) is 59.7 Å². The van der Waals surface area contributed by atoms with E-state index in [2.05, 4.69) is 19.6 Å². The van der Waals surface area contributed by atoms with E-state index in [1.54, 1.807) is 7.11 Å². The maximum absolute atomic E-state index is 13.3. The highest BCUT2D eigenvalue weighted by atomic mass is 16.6. The molecule has 2 aromatic heterocycles. The van der Waals surface area contributed by atoms with Crippen LogP contribution in [-0.4, -0.2) is 45.1 Å². The van der Waals surface area contributed by atoms with Crippen molar-refractivity contribution in [3.8, 4) is 0 Å². The molecule has 9 nitrogen and oxygen atoms in total. The summed E-state index contributed by atoms with van der Waals surface area (Å²) >= 11 is 0. The van der Waals surface area contributed by atoms with Gasteiger partial charge in [0.2, 0.25) is 0 Å². The van der Waals surface area contributed by atoms with Gasteiger partial charge in [0, 0.05) is 35.1 Å². The standard InChI is InChI=1S/C27H20N4O5/c1-27-24(35-2)14(29-34)11-17(36-27)30-15-9-5-3-7-12(15)18-20-21(26(33)28-25(20)32)19-13-8-4-6-10-16(13)31(27)23(19)22(18)30/h3-10,17,24,34H,11H2,1-2H3,(H,28,32,33)/b29-14+/t17-,24-,27+/m1/s1. The van der Waals surface area contributed by atoms with Gasteiger partial charge in [0.25, 0.3) is 11.8 Å². The second-order valence-corrected chi connectivity index (χ2v) is 9.76. The molecule has 178 valence electrons. The van der Waals surface area contributed by atoms with E-state index >= 15 is 0 Å². The Hall–Kier alpha value is -4.21. The molecule has 3 aliphatic rings. The molecule has 0 aliphatic carbocycles.